The standard InChI is InChI=1S/C14H15FN4/c1-19(12-4-2-3-11(15)8-12)9-10-5-6-18-13(7-10)14(16)17/h2-8H,9H2,1H3,(H3,16,17). The summed E-state index contributed by atoms with van der Waals surface area (Å²) in [6.07, 6.45) is 1.62. The van der Waals surface area contributed by atoms with Gasteiger partial charge in [-0.3, -0.25) is 10.4 Å². The van der Waals surface area contributed by atoms with Crippen molar-refractivity contribution in [1.82, 2.24) is 4.98 Å². The quantitative estimate of drug-likeness (QED) is 0.652. The van der Waals surface area contributed by atoms with Crippen LogP contribution in [-0.4, -0.2) is 17.9 Å². The first kappa shape index (κ1) is 13.0. The van der Waals surface area contributed by atoms with E-state index < -0.39 is 0 Å². The van der Waals surface area contributed by atoms with Gasteiger partial charge < -0.3 is 10.6 Å². The number of nitrogens with one attached hydrogen (secondary N) is 1. The summed E-state index contributed by atoms with van der Waals surface area (Å²) in [5.74, 6) is -0.321. The van der Waals surface area contributed by atoms with Crippen molar-refractivity contribution < 1.29 is 4.39 Å². The molecule has 19 heavy (non-hydrogen) atoms. The van der Waals surface area contributed by atoms with Gasteiger partial charge in [-0.15, -0.1) is 0 Å². The van der Waals surface area contributed by atoms with E-state index >= 15 is 0 Å². The highest BCUT2D eigenvalue weighted by molar-refractivity contribution is 5.93. The molecule has 3 N–H and O–H groups in total. The maximum atomic E-state index is 13.2. The maximum absolute atomic E-state index is 13.2. The average molecular weight is 258 g/mol. The Balaban J connectivity index is 2.17. The topological polar surface area (TPSA) is 66.0 Å². The average Bonchev–Trinajstić information content (AvgIpc) is 2.39. The van der Waals surface area contributed by atoms with Gasteiger partial charge in [0.15, 0.2) is 0 Å². The Morgan fingerprint density at radius 3 is 2.84 bits per heavy atom. The van der Waals surface area contributed by atoms with E-state index in [1.807, 2.05) is 24.1 Å². The van der Waals surface area contributed by atoms with E-state index in [0.717, 1.165) is 11.3 Å². The first-order valence-electron chi connectivity index (χ1n) is 5.82. The van der Waals surface area contributed by atoms with Gasteiger partial charge in [-0.2, -0.15) is 0 Å². The molecule has 0 saturated carbocycles. The van der Waals surface area contributed by atoms with E-state index in [-0.39, 0.29) is 11.7 Å². The van der Waals surface area contributed by atoms with E-state index in [1.165, 1.54) is 12.1 Å². The van der Waals surface area contributed by atoms with Gasteiger partial charge in [0, 0.05) is 25.5 Å². The van der Waals surface area contributed by atoms with Crippen LogP contribution in [-0.2, 0) is 6.54 Å². The number of halogens is 1. The lowest BCUT2D eigenvalue weighted by atomic mass is 10.2. The van der Waals surface area contributed by atoms with Crippen molar-refractivity contribution in [1.29, 1.82) is 5.41 Å². The molecule has 2 rings (SSSR count). The summed E-state index contributed by atoms with van der Waals surface area (Å²) >= 11 is 0. The van der Waals surface area contributed by atoms with Crippen molar-refractivity contribution in [2.45, 2.75) is 6.54 Å². The number of hydrogen-bond donors (Lipinski definition) is 2. The number of nitrogens with zero attached hydrogens (tertiary/aromatic N) is 2. The van der Waals surface area contributed by atoms with Crippen LogP contribution in [0, 0.1) is 11.2 Å². The van der Waals surface area contributed by atoms with Crippen molar-refractivity contribution in [2.24, 2.45) is 5.73 Å². The predicted molar refractivity (Wildman–Crippen MR) is 73.8 cm³/mol. The molecule has 0 fully saturated rings. The Morgan fingerprint density at radius 1 is 1.37 bits per heavy atom. The summed E-state index contributed by atoms with van der Waals surface area (Å²) in [6, 6.07) is 10.0. The molecule has 98 valence electrons. The third-order valence-electron chi connectivity index (χ3n) is 2.77. The number of pyridine rings is 1. The van der Waals surface area contributed by atoms with Crippen molar-refractivity contribution in [3.05, 3.63) is 59.7 Å². The molecule has 2 aromatic rings. The summed E-state index contributed by atoms with van der Waals surface area (Å²) < 4.78 is 13.2. The molecule has 0 atom stereocenters. The molecule has 0 radical (unpaired) electrons. The highest BCUT2D eigenvalue weighted by Crippen LogP contribution is 2.16. The van der Waals surface area contributed by atoms with Crippen LogP contribution in [0.25, 0.3) is 0 Å². The zero-order chi connectivity index (χ0) is 13.8. The molecule has 0 unspecified atom stereocenters. The second kappa shape index (κ2) is 5.48. The normalized spacial score (nSPS) is 10.2. The van der Waals surface area contributed by atoms with Crippen molar-refractivity contribution in [3.63, 3.8) is 0 Å². The number of anilines is 1. The van der Waals surface area contributed by atoms with Gasteiger partial charge in [-0.05, 0) is 35.9 Å². The fourth-order valence-corrected chi connectivity index (χ4v) is 1.80. The lowest BCUT2D eigenvalue weighted by Gasteiger charge is -2.19. The van der Waals surface area contributed by atoms with Crippen LogP contribution in [0.5, 0.6) is 0 Å². The third kappa shape index (κ3) is 3.28. The molecule has 0 spiro atoms. The van der Waals surface area contributed by atoms with Crippen LogP contribution < -0.4 is 10.6 Å². The van der Waals surface area contributed by atoms with Gasteiger partial charge >= 0.3 is 0 Å². The van der Waals surface area contributed by atoms with Gasteiger partial charge in [-0.1, -0.05) is 6.07 Å². The molecule has 0 saturated heterocycles. The van der Waals surface area contributed by atoms with Crippen molar-refractivity contribution in [3.8, 4) is 0 Å². The lowest BCUT2D eigenvalue weighted by Crippen LogP contribution is -2.18. The summed E-state index contributed by atoms with van der Waals surface area (Å²) in [6.45, 7) is 0.590. The molecule has 0 bridgehead atoms. The summed E-state index contributed by atoms with van der Waals surface area (Å²) in [4.78, 5) is 5.92. The van der Waals surface area contributed by atoms with Gasteiger partial charge in [-0.25, -0.2) is 4.39 Å². The molecule has 0 aliphatic carbocycles. The van der Waals surface area contributed by atoms with Crippen LogP contribution in [0.2, 0.25) is 0 Å². The molecular weight excluding hydrogens is 243 g/mol. The number of nitrogens with two attached hydrogens (primary N) is 1. The van der Waals surface area contributed by atoms with E-state index in [1.54, 1.807) is 18.3 Å². The largest absolute Gasteiger partial charge is 0.382 e. The number of benzene rings is 1. The van der Waals surface area contributed by atoms with E-state index in [4.69, 9.17) is 11.1 Å². The van der Waals surface area contributed by atoms with Crippen LogP contribution >= 0.6 is 0 Å². The minimum atomic E-state index is -0.261. The molecular formula is C14H15FN4. The third-order valence-corrected chi connectivity index (χ3v) is 2.77. The second-order valence-corrected chi connectivity index (χ2v) is 4.30. The van der Waals surface area contributed by atoms with Crippen LogP contribution in [0.15, 0.2) is 42.6 Å². The van der Waals surface area contributed by atoms with Crippen molar-refractivity contribution in [2.75, 3.05) is 11.9 Å². The highest BCUT2D eigenvalue weighted by atomic mass is 19.1. The monoisotopic (exact) mass is 258 g/mol. The van der Waals surface area contributed by atoms with E-state index in [9.17, 15) is 4.39 Å². The molecule has 1 heterocycles. The molecule has 1 aromatic carbocycles. The van der Waals surface area contributed by atoms with E-state index in [2.05, 4.69) is 4.98 Å². The summed E-state index contributed by atoms with van der Waals surface area (Å²) in [5, 5.41) is 7.36. The van der Waals surface area contributed by atoms with Crippen LogP contribution in [0.4, 0.5) is 10.1 Å². The highest BCUT2D eigenvalue weighted by Gasteiger charge is 2.05. The lowest BCUT2D eigenvalue weighted by molar-refractivity contribution is 0.627. The van der Waals surface area contributed by atoms with Crippen LogP contribution in [0.1, 0.15) is 11.3 Å². The molecule has 0 aliphatic rings. The van der Waals surface area contributed by atoms with Crippen LogP contribution in [0.3, 0.4) is 0 Å². The fraction of sp³-hybridized carbons (Fsp3) is 0.143. The van der Waals surface area contributed by atoms with Gasteiger partial charge in [0.1, 0.15) is 17.3 Å². The summed E-state index contributed by atoms with van der Waals surface area (Å²) in [5.41, 5.74) is 7.61. The predicted octanol–water partition coefficient (Wildman–Crippen LogP) is 2.14. The fourth-order valence-electron chi connectivity index (χ4n) is 1.80. The first-order chi connectivity index (χ1) is 9.06. The number of nitrogen functional groups attached to an aromatic ring is 1. The first-order valence-corrected chi connectivity index (χ1v) is 5.82. The summed E-state index contributed by atoms with van der Waals surface area (Å²) in [7, 11) is 1.88. The minimum Gasteiger partial charge on any atom is -0.382 e. The molecule has 0 amide bonds. The number of amidine groups is 1. The molecule has 1 aromatic heterocycles. The number of rotatable bonds is 4. The number of hydrogen-bond acceptors (Lipinski definition) is 3. The molecule has 0 aliphatic heterocycles. The second-order valence-electron chi connectivity index (χ2n) is 4.30. The Bertz CT molecular complexity index is 598. The Kier molecular flexibility index (Phi) is 3.75. The zero-order valence-corrected chi connectivity index (χ0v) is 10.6. The maximum Gasteiger partial charge on any atom is 0.141 e. The Hall–Kier alpha value is -2.43. The smallest absolute Gasteiger partial charge is 0.141 e. The van der Waals surface area contributed by atoms with Crippen molar-refractivity contribution >= 4 is 11.5 Å². The molecule has 5 heteroatoms. The zero-order valence-electron chi connectivity index (χ0n) is 10.6. The van der Waals surface area contributed by atoms with E-state index in [0.29, 0.717) is 12.2 Å². The Morgan fingerprint density at radius 2 is 2.16 bits per heavy atom. The van der Waals surface area contributed by atoms with Gasteiger partial charge in [0.05, 0.1) is 0 Å². The van der Waals surface area contributed by atoms with Gasteiger partial charge in [0.2, 0.25) is 0 Å². The molecule has 4 nitrogen and oxygen atoms in total. The van der Waals surface area contributed by atoms with Gasteiger partial charge in [0.25, 0.3) is 0 Å². The number of aromatic nitrogens is 1. The SMILES string of the molecule is CN(Cc1ccnc(C(=N)N)c1)c1cccc(F)c1. The Labute approximate surface area is 111 Å². The minimum absolute atomic E-state index is 0.0599.